The summed E-state index contributed by atoms with van der Waals surface area (Å²) >= 11 is 1.61. The van der Waals surface area contributed by atoms with Gasteiger partial charge in [0.1, 0.15) is 5.01 Å². The van der Waals surface area contributed by atoms with Crippen LogP contribution in [-0.4, -0.2) is 31.7 Å². The molecule has 140 valence electrons. The fourth-order valence-electron chi connectivity index (χ4n) is 2.91. The largest absolute Gasteiger partial charge is 0.477 e. The molecular weight excluding hydrogens is 376 g/mol. The van der Waals surface area contributed by atoms with Crippen molar-refractivity contribution in [2.75, 3.05) is 5.32 Å². The predicted octanol–water partition coefficient (Wildman–Crippen LogP) is 3.96. The molecule has 2 heterocycles. The third-order valence-electron chi connectivity index (χ3n) is 4.32. The lowest BCUT2D eigenvalue weighted by molar-refractivity contribution is 0.0680. The van der Waals surface area contributed by atoms with Crippen LogP contribution >= 0.6 is 11.3 Å². The Morgan fingerprint density at radius 2 is 1.89 bits per heavy atom. The summed E-state index contributed by atoms with van der Waals surface area (Å²) in [6, 6.07) is 13.4. The van der Waals surface area contributed by atoms with Crippen molar-refractivity contribution in [3.63, 3.8) is 0 Å². The number of aromatic nitrogens is 3. The normalized spacial score (nSPS) is 10.9. The Hall–Kier alpha value is -3.52. The summed E-state index contributed by atoms with van der Waals surface area (Å²) in [5.41, 5.74) is 3.52. The van der Waals surface area contributed by atoms with E-state index in [-0.39, 0.29) is 11.3 Å². The number of amides is 1. The first-order valence-electron chi connectivity index (χ1n) is 8.46. The number of hydrogen-bond acceptors (Lipinski definition) is 5. The molecule has 0 fully saturated rings. The number of hydrogen-bond donors (Lipinski definition) is 2. The number of carbonyl (C=O) groups excluding carboxylic acids is 1. The number of rotatable bonds is 4. The lowest BCUT2D eigenvalue weighted by atomic mass is 10.2. The third kappa shape index (κ3) is 3.25. The van der Waals surface area contributed by atoms with E-state index in [2.05, 4.69) is 21.5 Å². The van der Waals surface area contributed by atoms with Crippen LogP contribution in [0.5, 0.6) is 0 Å². The SMILES string of the molecule is Cc1ccc2nc(-c3ccc(NC(=O)c4cnn(C)c4C(=O)O)cc3)sc2c1. The second kappa shape index (κ2) is 6.90. The van der Waals surface area contributed by atoms with Gasteiger partial charge < -0.3 is 10.4 Å². The van der Waals surface area contributed by atoms with E-state index in [1.54, 1.807) is 23.5 Å². The molecule has 0 saturated carbocycles. The minimum absolute atomic E-state index is 0.0145. The summed E-state index contributed by atoms with van der Waals surface area (Å²) in [5, 5.41) is 16.7. The van der Waals surface area contributed by atoms with Gasteiger partial charge >= 0.3 is 5.97 Å². The number of nitrogens with one attached hydrogen (secondary N) is 1. The summed E-state index contributed by atoms with van der Waals surface area (Å²) < 4.78 is 2.29. The van der Waals surface area contributed by atoms with E-state index in [9.17, 15) is 14.7 Å². The van der Waals surface area contributed by atoms with Crippen LogP contribution in [-0.2, 0) is 7.05 Å². The maximum absolute atomic E-state index is 12.4. The van der Waals surface area contributed by atoms with Gasteiger partial charge in [-0.15, -0.1) is 11.3 Å². The molecule has 0 aliphatic heterocycles. The summed E-state index contributed by atoms with van der Waals surface area (Å²) in [4.78, 5) is 28.4. The molecule has 0 bridgehead atoms. The second-order valence-corrected chi connectivity index (χ2v) is 7.39. The molecule has 2 aromatic carbocycles. The standard InChI is InChI=1S/C20H16N4O3S/c1-11-3-8-15-16(9-11)28-19(23-15)12-4-6-13(7-5-12)22-18(25)14-10-21-24(2)17(14)20(26)27/h3-10H,1-2H3,(H,22,25)(H,26,27). The number of carbonyl (C=O) groups is 2. The van der Waals surface area contributed by atoms with Gasteiger partial charge in [-0.3, -0.25) is 9.48 Å². The number of thiazole rings is 1. The van der Waals surface area contributed by atoms with E-state index in [4.69, 9.17) is 0 Å². The Morgan fingerprint density at radius 3 is 2.61 bits per heavy atom. The molecule has 8 heteroatoms. The molecule has 0 atom stereocenters. The number of nitrogens with zero attached hydrogens (tertiary/aromatic N) is 3. The van der Waals surface area contributed by atoms with Crippen molar-refractivity contribution in [2.45, 2.75) is 6.92 Å². The molecule has 28 heavy (non-hydrogen) atoms. The molecule has 2 aromatic heterocycles. The van der Waals surface area contributed by atoms with Gasteiger partial charge in [-0.1, -0.05) is 6.07 Å². The first-order chi connectivity index (χ1) is 13.4. The van der Waals surface area contributed by atoms with Crippen LogP contribution in [0.4, 0.5) is 5.69 Å². The van der Waals surface area contributed by atoms with E-state index < -0.39 is 11.9 Å². The highest BCUT2D eigenvalue weighted by Gasteiger charge is 2.21. The predicted molar refractivity (Wildman–Crippen MR) is 108 cm³/mol. The molecule has 4 rings (SSSR count). The van der Waals surface area contributed by atoms with Crippen molar-refractivity contribution in [2.24, 2.45) is 7.05 Å². The van der Waals surface area contributed by atoms with Gasteiger partial charge in [0.15, 0.2) is 5.69 Å². The highest BCUT2D eigenvalue weighted by atomic mass is 32.1. The fraction of sp³-hybridized carbons (Fsp3) is 0.100. The molecule has 0 unspecified atom stereocenters. The highest BCUT2D eigenvalue weighted by molar-refractivity contribution is 7.21. The summed E-state index contributed by atoms with van der Waals surface area (Å²) in [6.07, 6.45) is 1.25. The highest BCUT2D eigenvalue weighted by Crippen LogP contribution is 2.31. The zero-order chi connectivity index (χ0) is 19.8. The molecule has 1 amide bonds. The average Bonchev–Trinajstić information content (AvgIpc) is 3.25. The van der Waals surface area contributed by atoms with Crippen LogP contribution in [0.15, 0.2) is 48.7 Å². The molecular formula is C20H16N4O3S. The minimum Gasteiger partial charge on any atom is -0.477 e. The maximum Gasteiger partial charge on any atom is 0.354 e. The van der Waals surface area contributed by atoms with Gasteiger partial charge in [0.25, 0.3) is 5.91 Å². The summed E-state index contributed by atoms with van der Waals surface area (Å²) in [6.45, 7) is 2.05. The van der Waals surface area contributed by atoms with Crippen molar-refractivity contribution in [1.29, 1.82) is 0 Å². The van der Waals surface area contributed by atoms with Crippen LogP contribution < -0.4 is 5.32 Å². The number of aryl methyl sites for hydroxylation is 2. The lowest BCUT2D eigenvalue weighted by Gasteiger charge is -2.06. The fourth-order valence-corrected chi connectivity index (χ4v) is 3.98. The second-order valence-electron chi connectivity index (χ2n) is 6.36. The molecule has 7 nitrogen and oxygen atoms in total. The Balaban J connectivity index is 1.56. The van der Waals surface area contributed by atoms with Gasteiger partial charge in [0, 0.05) is 18.3 Å². The number of anilines is 1. The van der Waals surface area contributed by atoms with Crippen molar-refractivity contribution < 1.29 is 14.7 Å². The van der Waals surface area contributed by atoms with Gasteiger partial charge in [0.2, 0.25) is 0 Å². The van der Waals surface area contributed by atoms with E-state index in [0.717, 1.165) is 25.5 Å². The van der Waals surface area contributed by atoms with E-state index in [1.807, 2.05) is 31.2 Å². The molecule has 0 spiro atoms. The smallest absolute Gasteiger partial charge is 0.354 e. The van der Waals surface area contributed by atoms with Crippen LogP contribution in [0, 0.1) is 6.92 Å². The molecule has 0 radical (unpaired) electrons. The Labute approximate surface area is 164 Å². The topological polar surface area (TPSA) is 97.1 Å². The molecule has 2 N–H and O–H groups in total. The van der Waals surface area contributed by atoms with Gasteiger partial charge in [-0.25, -0.2) is 9.78 Å². The van der Waals surface area contributed by atoms with E-state index in [0.29, 0.717) is 5.69 Å². The molecule has 0 aliphatic rings. The monoisotopic (exact) mass is 392 g/mol. The zero-order valence-electron chi connectivity index (χ0n) is 15.1. The Kier molecular flexibility index (Phi) is 4.40. The van der Waals surface area contributed by atoms with E-state index >= 15 is 0 Å². The Morgan fingerprint density at radius 1 is 1.14 bits per heavy atom. The van der Waals surface area contributed by atoms with Gasteiger partial charge in [0.05, 0.1) is 22.0 Å². The van der Waals surface area contributed by atoms with Crippen molar-refractivity contribution in [3.05, 3.63) is 65.5 Å². The number of carboxylic acid groups (broad SMARTS) is 1. The van der Waals surface area contributed by atoms with Crippen LogP contribution in [0.1, 0.15) is 26.4 Å². The zero-order valence-corrected chi connectivity index (χ0v) is 15.9. The minimum atomic E-state index is -1.20. The van der Waals surface area contributed by atoms with E-state index in [1.165, 1.54) is 18.8 Å². The van der Waals surface area contributed by atoms with Crippen LogP contribution in [0.2, 0.25) is 0 Å². The van der Waals surface area contributed by atoms with Crippen LogP contribution in [0.25, 0.3) is 20.8 Å². The van der Waals surface area contributed by atoms with Crippen LogP contribution in [0.3, 0.4) is 0 Å². The number of aromatic carboxylic acids is 1. The molecule has 0 aliphatic carbocycles. The first-order valence-corrected chi connectivity index (χ1v) is 9.28. The molecule has 4 aromatic rings. The van der Waals surface area contributed by atoms with Crippen molar-refractivity contribution in [1.82, 2.24) is 14.8 Å². The average molecular weight is 392 g/mol. The van der Waals surface area contributed by atoms with Gasteiger partial charge in [-0.2, -0.15) is 5.10 Å². The van der Waals surface area contributed by atoms with Gasteiger partial charge in [-0.05, 0) is 48.9 Å². The number of benzene rings is 2. The summed E-state index contributed by atoms with van der Waals surface area (Å²) in [7, 11) is 1.48. The van der Waals surface area contributed by atoms with Crippen molar-refractivity contribution in [3.8, 4) is 10.6 Å². The maximum atomic E-state index is 12.4. The molecule has 0 saturated heterocycles. The summed E-state index contributed by atoms with van der Waals surface area (Å²) in [5.74, 6) is -1.72. The lowest BCUT2D eigenvalue weighted by Crippen LogP contribution is -2.17. The number of carboxylic acids is 1. The third-order valence-corrected chi connectivity index (χ3v) is 5.39. The number of fused-ring (bicyclic) bond motifs is 1. The first kappa shape index (κ1) is 17.9. The quantitative estimate of drug-likeness (QED) is 0.548. The Bertz CT molecular complexity index is 1210. The van der Waals surface area contributed by atoms with Crippen molar-refractivity contribution >= 4 is 39.1 Å².